The summed E-state index contributed by atoms with van der Waals surface area (Å²) in [6.07, 6.45) is 2.21. The Morgan fingerprint density at radius 1 is 1.46 bits per heavy atom. The van der Waals surface area contributed by atoms with E-state index in [2.05, 4.69) is 10.3 Å². The Morgan fingerprint density at radius 3 is 3.08 bits per heavy atom. The van der Waals surface area contributed by atoms with Crippen molar-refractivity contribution in [1.82, 2.24) is 10.3 Å². The summed E-state index contributed by atoms with van der Waals surface area (Å²) in [7, 11) is 0. The van der Waals surface area contributed by atoms with E-state index in [0.717, 1.165) is 25.2 Å². The molecule has 1 atom stereocenters. The molecule has 13 heavy (non-hydrogen) atoms. The van der Waals surface area contributed by atoms with Gasteiger partial charge in [-0.2, -0.15) is 0 Å². The number of rotatable bonds is 2. The van der Waals surface area contributed by atoms with Crippen LogP contribution in [0.2, 0.25) is 0 Å². The van der Waals surface area contributed by atoms with Crippen LogP contribution in [-0.2, 0) is 6.42 Å². The molecule has 0 saturated carbocycles. The van der Waals surface area contributed by atoms with E-state index in [-0.39, 0.29) is 5.56 Å². The molecule has 2 N–H and O–H groups in total. The molecule has 1 saturated heterocycles. The predicted molar refractivity (Wildman–Crippen MR) is 51.7 cm³/mol. The molecule has 0 amide bonds. The Labute approximate surface area is 77.2 Å². The molecule has 1 unspecified atom stereocenters. The molecule has 1 aliphatic rings. The lowest BCUT2D eigenvalue weighted by Crippen LogP contribution is -2.13. The van der Waals surface area contributed by atoms with Crippen molar-refractivity contribution in [2.75, 3.05) is 13.1 Å². The molecule has 70 valence electrons. The normalized spacial score (nSPS) is 22.0. The fourth-order valence-corrected chi connectivity index (χ4v) is 1.81. The van der Waals surface area contributed by atoms with Gasteiger partial charge in [-0.15, -0.1) is 0 Å². The van der Waals surface area contributed by atoms with Gasteiger partial charge in [0.15, 0.2) is 0 Å². The second kappa shape index (κ2) is 3.75. The molecule has 3 heteroatoms. The van der Waals surface area contributed by atoms with Crippen LogP contribution in [0, 0.1) is 5.92 Å². The first-order valence-electron chi connectivity index (χ1n) is 4.73. The average Bonchev–Trinajstić information content (AvgIpc) is 2.57. The second-order valence-electron chi connectivity index (χ2n) is 3.60. The van der Waals surface area contributed by atoms with Crippen LogP contribution in [0.1, 0.15) is 12.1 Å². The van der Waals surface area contributed by atoms with E-state index < -0.39 is 0 Å². The first-order chi connectivity index (χ1) is 6.34. The molecule has 0 aromatic carbocycles. The lowest BCUT2D eigenvalue weighted by atomic mass is 10.0. The van der Waals surface area contributed by atoms with Gasteiger partial charge in [0.05, 0.1) is 0 Å². The number of aromatic amines is 1. The molecule has 3 nitrogen and oxygen atoms in total. The number of hydrogen-bond donors (Lipinski definition) is 2. The fourth-order valence-electron chi connectivity index (χ4n) is 1.81. The zero-order valence-corrected chi connectivity index (χ0v) is 7.55. The van der Waals surface area contributed by atoms with Crippen LogP contribution in [0.25, 0.3) is 0 Å². The van der Waals surface area contributed by atoms with Crippen LogP contribution in [0.4, 0.5) is 0 Å². The molecular weight excluding hydrogens is 164 g/mol. The van der Waals surface area contributed by atoms with Crippen molar-refractivity contribution < 1.29 is 0 Å². The third-order valence-electron chi connectivity index (χ3n) is 2.50. The monoisotopic (exact) mass is 178 g/mol. The van der Waals surface area contributed by atoms with Crippen molar-refractivity contribution in [3.8, 4) is 0 Å². The molecule has 0 radical (unpaired) electrons. The second-order valence-corrected chi connectivity index (χ2v) is 3.60. The summed E-state index contributed by atoms with van der Waals surface area (Å²) in [5.74, 6) is 0.693. The van der Waals surface area contributed by atoms with Gasteiger partial charge in [-0.05, 0) is 37.9 Å². The third kappa shape index (κ3) is 2.18. The first-order valence-corrected chi connectivity index (χ1v) is 4.73. The van der Waals surface area contributed by atoms with Crippen LogP contribution in [-0.4, -0.2) is 18.1 Å². The van der Waals surface area contributed by atoms with Crippen LogP contribution in [0.3, 0.4) is 0 Å². The van der Waals surface area contributed by atoms with Gasteiger partial charge in [0.1, 0.15) is 0 Å². The van der Waals surface area contributed by atoms with E-state index >= 15 is 0 Å². The topological polar surface area (TPSA) is 44.9 Å². The van der Waals surface area contributed by atoms with Gasteiger partial charge in [0.25, 0.3) is 0 Å². The van der Waals surface area contributed by atoms with E-state index in [1.165, 1.54) is 6.42 Å². The third-order valence-corrected chi connectivity index (χ3v) is 2.50. The molecule has 1 aromatic heterocycles. The molecule has 1 fully saturated rings. The largest absolute Gasteiger partial charge is 0.326 e. The minimum Gasteiger partial charge on any atom is -0.326 e. The predicted octanol–water partition coefficient (Wildman–Crippen LogP) is 0.527. The van der Waals surface area contributed by atoms with E-state index in [4.69, 9.17) is 0 Å². The van der Waals surface area contributed by atoms with Gasteiger partial charge < -0.3 is 10.3 Å². The van der Waals surface area contributed by atoms with Gasteiger partial charge in [0, 0.05) is 11.8 Å². The smallest absolute Gasteiger partial charge is 0.248 e. The van der Waals surface area contributed by atoms with Gasteiger partial charge in [-0.1, -0.05) is 6.07 Å². The van der Waals surface area contributed by atoms with E-state index in [1.807, 2.05) is 12.1 Å². The van der Waals surface area contributed by atoms with Gasteiger partial charge in [0.2, 0.25) is 5.56 Å². The maximum atomic E-state index is 11.0. The van der Waals surface area contributed by atoms with E-state index in [1.54, 1.807) is 6.07 Å². The highest BCUT2D eigenvalue weighted by Gasteiger charge is 2.14. The number of H-pyrrole nitrogens is 1. The Hall–Kier alpha value is -1.09. The molecule has 2 rings (SSSR count). The summed E-state index contributed by atoms with van der Waals surface area (Å²) >= 11 is 0. The molecular formula is C10H14N2O. The van der Waals surface area contributed by atoms with Crippen LogP contribution >= 0.6 is 0 Å². The summed E-state index contributed by atoms with van der Waals surface area (Å²) in [6, 6.07) is 5.35. The van der Waals surface area contributed by atoms with Crippen molar-refractivity contribution in [1.29, 1.82) is 0 Å². The van der Waals surface area contributed by atoms with Gasteiger partial charge in [-0.3, -0.25) is 4.79 Å². The van der Waals surface area contributed by atoms with E-state index in [0.29, 0.717) is 5.92 Å². The number of hydrogen-bond acceptors (Lipinski definition) is 2. The van der Waals surface area contributed by atoms with Crippen molar-refractivity contribution in [2.45, 2.75) is 12.8 Å². The van der Waals surface area contributed by atoms with Crippen molar-refractivity contribution in [2.24, 2.45) is 5.92 Å². The standard InChI is InChI=1S/C10H14N2O/c13-10-3-1-2-9(12-10)6-8-4-5-11-7-8/h1-3,8,11H,4-7H2,(H,12,13). The summed E-state index contributed by atoms with van der Waals surface area (Å²) in [5.41, 5.74) is 1.06. The maximum Gasteiger partial charge on any atom is 0.248 e. The average molecular weight is 178 g/mol. The summed E-state index contributed by atoms with van der Waals surface area (Å²) in [6.45, 7) is 2.19. The SMILES string of the molecule is O=c1cccc(CC2CCNC2)[nH]1. The summed E-state index contributed by atoms with van der Waals surface area (Å²) < 4.78 is 0. The number of nitrogens with one attached hydrogen (secondary N) is 2. The molecule has 0 aliphatic carbocycles. The maximum absolute atomic E-state index is 11.0. The lowest BCUT2D eigenvalue weighted by Gasteiger charge is -2.06. The van der Waals surface area contributed by atoms with Crippen LogP contribution in [0.5, 0.6) is 0 Å². The summed E-state index contributed by atoms with van der Waals surface area (Å²) in [5, 5.41) is 3.32. The molecule has 2 heterocycles. The summed E-state index contributed by atoms with van der Waals surface area (Å²) in [4.78, 5) is 13.8. The highest BCUT2D eigenvalue weighted by atomic mass is 16.1. The Morgan fingerprint density at radius 2 is 2.38 bits per heavy atom. The van der Waals surface area contributed by atoms with Crippen LogP contribution < -0.4 is 10.9 Å². The van der Waals surface area contributed by atoms with E-state index in [9.17, 15) is 4.79 Å². The quantitative estimate of drug-likeness (QED) is 0.693. The van der Waals surface area contributed by atoms with Crippen molar-refractivity contribution in [3.63, 3.8) is 0 Å². The zero-order valence-electron chi connectivity index (χ0n) is 7.55. The Bertz CT molecular complexity index is 326. The molecule has 0 spiro atoms. The minimum absolute atomic E-state index is 0.00320. The minimum atomic E-state index is 0.00320. The Kier molecular flexibility index (Phi) is 2.45. The highest BCUT2D eigenvalue weighted by Crippen LogP contribution is 2.12. The lowest BCUT2D eigenvalue weighted by molar-refractivity contribution is 0.571. The van der Waals surface area contributed by atoms with Crippen LogP contribution in [0.15, 0.2) is 23.0 Å². The highest BCUT2D eigenvalue weighted by molar-refractivity contribution is 5.05. The molecule has 1 aromatic rings. The number of pyridine rings is 1. The molecule has 1 aliphatic heterocycles. The Balaban J connectivity index is 2.04. The van der Waals surface area contributed by atoms with Gasteiger partial charge in [-0.25, -0.2) is 0 Å². The van der Waals surface area contributed by atoms with Crippen molar-refractivity contribution >= 4 is 0 Å². The number of aromatic nitrogens is 1. The van der Waals surface area contributed by atoms with Gasteiger partial charge >= 0.3 is 0 Å². The zero-order chi connectivity index (χ0) is 9.10. The molecule has 0 bridgehead atoms. The first kappa shape index (κ1) is 8.51. The van der Waals surface area contributed by atoms with Crippen molar-refractivity contribution in [3.05, 3.63) is 34.2 Å². The fraction of sp³-hybridized carbons (Fsp3) is 0.500.